The molecule has 0 unspecified atom stereocenters. The quantitative estimate of drug-likeness (QED) is 0.606. The molecule has 8 heteroatoms. The van der Waals surface area contributed by atoms with Crippen LogP contribution in [-0.4, -0.2) is 42.5 Å². The number of carbonyl (C=O) groups excluding carboxylic acids is 1. The molecule has 0 aliphatic carbocycles. The second kappa shape index (κ2) is 8.52. The van der Waals surface area contributed by atoms with Crippen LogP contribution >= 0.6 is 11.8 Å². The van der Waals surface area contributed by atoms with Crippen molar-refractivity contribution in [1.29, 1.82) is 0 Å². The highest BCUT2D eigenvalue weighted by Crippen LogP contribution is 2.23. The van der Waals surface area contributed by atoms with Crippen molar-refractivity contribution in [2.45, 2.75) is 22.8 Å². The van der Waals surface area contributed by atoms with Crippen LogP contribution in [0.15, 0.2) is 70.7 Å². The molecule has 1 aliphatic heterocycles. The van der Waals surface area contributed by atoms with E-state index in [1.807, 2.05) is 42.5 Å². The molecule has 0 bridgehead atoms. The average molecular weight is 428 g/mol. The van der Waals surface area contributed by atoms with Gasteiger partial charge in [0.2, 0.25) is 15.9 Å². The number of hydrogen-bond acceptors (Lipinski definition) is 5. The van der Waals surface area contributed by atoms with Gasteiger partial charge < -0.3 is 5.32 Å². The number of carbonyl (C=O) groups is 1. The predicted molar refractivity (Wildman–Crippen MR) is 116 cm³/mol. The van der Waals surface area contributed by atoms with E-state index in [1.165, 1.54) is 22.3 Å². The van der Waals surface area contributed by atoms with Crippen molar-refractivity contribution < 1.29 is 13.2 Å². The Balaban J connectivity index is 1.35. The smallest absolute Gasteiger partial charge is 0.244 e. The van der Waals surface area contributed by atoms with E-state index < -0.39 is 10.0 Å². The van der Waals surface area contributed by atoms with Gasteiger partial charge in [-0.15, -0.1) is 0 Å². The topological polar surface area (TPSA) is 79.4 Å². The molecule has 29 heavy (non-hydrogen) atoms. The van der Waals surface area contributed by atoms with E-state index in [9.17, 15) is 13.2 Å². The summed E-state index contributed by atoms with van der Waals surface area (Å²) in [4.78, 5) is 16.7. The van der Waals surface area contributed by atoms with Gasteiger partial charge in [-0.25, -0.2) is 13.4 Å². The van der Waals surface area contributed by atoms with Crippen LogP contribution in [0, 0.1) is 0 Å². The zero-order valence-electron chi connectivity index (χ0n) is 15.7. The van der Waals surface area contributed by atoms with Crippen molar-refractivity contribution in [3.63, 3.8) is 0 Å². The Kier molecular flexibility index (Phi) is 5.84. The molecular formula is C21H21N3O3S2. The molecule has 0 saturated carbocycles. The number of nitrogens with zero attached hydrogens (tertiary/aromatic N) is 2. The number of benzene rings is 2. The van der Waals surface area contributed by atoms with Gasteiger partial charge >= 0.3 is 0 Å². The highest BCUT2D eigenvalue weighted by atomic mass is 32.2. The molecule has 6 nitrogen and oxygen atoms in total. The van der Waals surface area contributed by atoms with Crippen LogP contribution in [0.3, 0.4) is 0 Å². The summed E-state index contributed by atoms with van der Waals surface area (Å²) >= 11 is 1.27. The highest BCUT2D eigenvalue weighted by molar-refractivity contribution is 7.99. The first-order chi connectivity index (χ1) is 14.0. The van der Waals surface area contributed by atoms with Crippen molar-refractivity contribution in [2.24, 2.45) is 0 Å². The minimum absolute atomic E-state index is 0.138. The lowest BCUT2D eigenvalue weighted by molar-refractivity contribution is -0.113. The highest BCUT2D eigenvalue weighted by Gasteiger charge is 2.27. The number of rotatable bonds is 6. The first-order valence-electron chi connectivity index (χ1n) is 9.40. The van der Waals surface area contributed by atoms with Gasteiger partial charge in [-0.05, 0) is 47.9 Å². The third-order valence-corrected chi connectivity index (χ3v) is 7.62. The fourth-order valence-electron chi connectivity index (χ4n) is 3.29. The fraction of sp³-hybridized carbons (Fsp3) is 0.238. The third-order valence-electron chi connectivity index (χ3n) is 4.80. The fourth-order valence-corrected chi connectivity index (χ4v) is 5.39. The van der Waals surface area contributed by atoms with Crippen molar-refractivity contribution >= 4 is 44.2 Å². The molecule has 1 aromatic heterocycles. The van der Waals surface area contributed by atoms with Crippen molar-refractivity contribution in [1.82, 2.24) is 9.29 Å². The Labute approximate surface area is 174 Å². The number of hydrogen-bond donors (Lipinski definition) is 1. The molecule has 0 spiro atoms. The van der Waals surface area contributed by atoms with Crippen LogP contribution in [0.2, 0.25) is 0 Å². The van der Waals surface area contributed by atoms with Gasteiger partial charge in [0.25, 0.3) is 0 Å². The molecule has 1 aliphatic rings. The number of fused-ring (bicyclic) bond motifs is 1. The van der Waals surface area contributed by atoms with Gasteiger partial charge in [0.15, 0.2) is 0 Å². The van der Waals surface area contributed by atoms with Gasteiger partial charge in [-0.1, -0.05) is 42.1 Å². The Bertz CT molecular complexity index is 1130. The Morgan fingerprint density at radius 1 is 1.03 bits per heavy atom. The van der Waals surface area contributed by atoms with Gasteiger partial charge in [-0.2, -0.15) is 4.31 Å². The average Bonchev–Trinajstić information content (AvgIpc) is 3.28. The molecule has 0 atom stereocenters. The molecule has 0 radical (unpaired) electrons. The maximum absolute atomic E-state index is 12.5. The summed E-state index contributed by atoms with van der Waals surface area (Å²) < 4.78 is 26.5. The second-order valence-electron chi connectivity index (χ2n) is 6.84. The van der Waals surface area contributed by atoms with Crippen molar-refractivity contribution in [2.75, 3.05) is 24.2 Å². The number of aromatic nitrogens is 1. The molecule has 1 N–H and O–H groups in total. The second-order valence-corrected chi connectivity index (χ2v) is 9.78. The van der Waals surface area contributed by atoms with E-state index in [0.717, 1.165) is 29.3 Å². The number of pyridine rings is 1. The van der Waals surface area contributed by atoms with Crippen LogP contribution < -0.4 is 5.32 Å². The molecule has 3 aromatic rings. The molecule has 2 aromatic carbocycles. The summed E-state index contributed by atoms with van der Waals surface area (Å²) in [5, 5.41) is 5.68. The summed E-state index contributed by atoms with van der Waals surface area (Å²) in [7, 11) is -3.46. The lowest BCUT2D eigenvalue weighted by Crippen LogP contribution is -2.27. The van der Waals surface area contributed by atoms with E-state index in [2.05, 4.69) is 10.3 Å². The van der Waals surface area contributed by atoms with Gasteiger partial charge in [0, 0.05) is 25.0 Å². The van der Waals surface area contributed by atoms with Crippen LogP contribution in [0.1, 0.15) is 12.8 Å². The first-order valence-corrected chi connectivity index (χ1v) is 11.8. The Hall–Kier alpha value is -2.42. The van der Waals surface area contributed by atoms with Gasteiger partial charge in [-0.3, -0.25) is 4.79 Å². The van der Waals surface area contributed by atoms with E-state index in [4.69, 9.17) is 0 Å². The molecular weight excluding hydrogens is 406 g/mol. The molecule has 150 valence electrons. The number of nitrogens with one attached hydrogen (secondary N) is 1. The SMILES string of the molecule is O=C(CSc1ccc(S(=O)(=O)N2CCCC2)cn1)Nc1ccc2ccccc2c1. The zero-order chi connectivity index (χ0) is 20.3. The summed E-state index contributed by atoms with van der Waals surface area (Å²) in [5.74, 6) is 0.0544. The molecule has 2 heterocycles. The Morgan fingerprint density at radius 3 is 2.52 bits per heavy atom. The zero-order valence-corrected chi connectivity index (χ0v) is 17.4. The maximum atomic E-state index is 12.5. The number of thioether (sulfide) groups is 1. The van der Waals surface area contributed by atoms with Crippen LogP contribution in [-0.2, 0) is 14.8 Å². The van der Waals surface area contributed by atoms with Crippen LogP contribution in [0.5, 0.6) is 0 Å². The van der Waals surface area contributed by atoms with Gasteiger partial charge in [0.05, 0.1) is 10.8 Å². The van der Waals surface area contributed by atoms with Crippen LogP contribution in [0.4, 0.5) is 5.69 Å². The van der Waals surface area contributed by atoms with Crippen molar-refractivity contribution in [3.05, 3.63) is 60.8 Å². The summed E-state index contributed by atoms with van der Waals surface area (Å²) in [6.45, 7) is 1.13. The van der Waals surface area contributed by atoms with E-state index >= 15 is 0 Å². The Morgan fingerprint density at radius 2 is 1.79 bits per heavy atom. The van der Waals surface area contributed by atoms with Crippen LogP contribution in [0.25, 0.3) is 10.8 Å². The standard InChI is InChI=1S/C21H21N3O3S2/c25-20(23-18-8-7-16-5-1-2-6-17(16)13-18)15-28-21-10-9-19(14-22-21)29(26,27)24-11-3-4-12-24/h1-2,5-10,13-14H,3-4,11-12,15H2,(H,23,25). The monoisotopic (exact) mass is 427 g/mol. The molecule has 4 rings (SSSR count). The molecule has 1 fully saturated rings. The largest absolute Gasteiger partial charge is 0.325 e. The minimum atomic E-state index is -3.46. The first kappa shape index (κ1) is 19.9. The van der Waals surface area contributed by atoms with E-state index in [1.54, 1.807) is 12.1 Å². The molecule has 1 saturated heterocycles. The lowest BCUT2D eigenvalue weighted by Gasteiger charge is -2.15. The summed E-state index contributed by atoms with van der Waals surface area (Å²) in [6.07, 6.45) is 3.16. The van der Waals surface area contributed by atoms with Crippen molar-refractivity contribution in [3.8, 4) is 0 Å². The van der Waals surface area contributed by atoms with E-state index in [-0.39, 0.29) is 16.6 Å². The number of sulfonamides is 1. The number of amides is 1. The third kappa shape index (κ3) is 4.60. The van der Waals surface area contributed by atoms with Gasteiger partial charge in [0.1, 0.15) is 4.90 Å². The normalized spacial score (nSPS) is 14.9. The minimum Gasteiger partial charge on any atom is -0.325 e. The predicted octanol–water partition coefficient (Wildman–Crippen LogP) is 3.75. The lowest BCUT2D eigenvalue weighted by atomic mass is 10.1. The summed E-state index contributed by atoms with van der Waals surface area (Å²) in [5.41, 5.74) is 0.745. The van der Waals surface area contributed by atoms with E-state index in [0.29, 0.717) is 18.1 Å². The molecule has 1 amide bonds. The maximum Gasteiger partial charge on any atom is 0.244 e. The summed E-state index contributed by atoms with van der Waals surface area (Å²) in [6, 6.07) is 17.0. The number of anilines is 1.